The smallest absolute Gasteiger partial charge is 0.356 e. The molecule has 4 rings (SSSR count). The Labute approximate surface area is 155 Å². The average molecular weight is 360 g/mol. The van der Waals surface area contributed by atoms with E-state index in [1.807, 2.05) is 48.5 Å². The molecule has 0 spiro atoms. The van der Waals surface area contributed by atoms with Crippen LogP contribution in [0.4, 0.5) is 0 Å². The Morgan fingerprint density at radius 2 is 2.04 bits per heavy atom. The Balaban J connectivity index is 1.62. The second-order valence-electron chi connectivity index (χ2n) is 5.93. The van der Waals surface area contributed by atoms with Gasteiger partial charge in [-0.15, -0.1) is 0 Å². The molecule has 1 atom stereocenters. The number of nitriles is 1. The Bertz CT molecular complexity index is 1040. The minimum atomic E-state index is -0.549. The third-order valence-corrected chi connectivity index (χ3v) is 4.28. The fourth-order valence-electron chi connectivity index (χ4n) is 2.98. The van der Waals surface area contributed by atoms with Gasteiger partial charge in [0.2, 0.25) is 5.89 Å². The van der Waals surface area contributed by atoms with E-state index in [2.05, 4.69) is 21.9 Å². The van der Waals surface area contributed by atoms with Crippen molar-refractivity contribution in [3.05, 3.63) is 65.4 Å². The minimum Gasteiger partial charge on any atom is -0.461 e. The summed E-state index contributed by atoms with van der Waals surface area (Å²) in [6.07, 6.45) is 0. The molecule has 1 aliphatic rings. The number of carbonyl (C=O) groups excluding carboxylic acids is 1. The second kappa shape index (κ2) is 6.94. The van der Waals surface area contributed by atoms with Crippen molar-refractivity contribution in [3.63, 3.8) is 0 Å². The van der Waals surface area contributed by atoms with Gasteiger partial charge < -0.3 is 14.6 Å². The number of ether oxygens (including phenoxy) is 1. The third kappa shape index (κ3) is 3.03. The highest BCUT2D eigenvalue weighted by Gasteiger charge is 2.31. The lowest BCUT2D eigenvalue weighted by molar-refractivity contribution is -0.138. The van der Waals surface area contributed by atoms with Crippen LogP contribution in [-0.2, 0) is 9.53 Å². The van der Waals surface area contributed by atoms with Crippen LogP contribution in [0.3, 0.4) is 0 Å². The van der Waals surface area contributed by atoms with E-state index >= 15 is 0 Å². The standard InChI is InChI=1S/C20H16N4O3/c1-2-26-20(25)18-14(11-21)17(23-24-18)12-7-9-13(10-8-12)19-22-15-5-3-4-6-16(15)27-19/h3-10,17,23-24H,2H2,1H3. The number of fused-ring (bicyclic) bond motifs is 1. The van der Waals surface area contributed by atoms with Crippen LogP contribution in [0.5, 0.6) is 0 Å². The number of rotatable bonds is 4. The maximum Gasteiger partial charge on any atom is 0.356 e. The normalized spacial score (nSPS) is 16.2. The fourth-order valence-corrected chi connectivity index (χ4v) is 2.98. The van der Waals surface area contributed by atoms with Crippen molar-refractivity contribution in [2.45, 2.75) is 13.0 Å². The molecule has 27 heavy (non-hydrogen) atoms. The molecule has 0 saturated heterocycles. The monoisotopic (exact) mass is 360 g/mol. The van der Waals surface area contributed by atoms with E-state index in [1.54, 1.807) is 6.92 Å². The summed E-state index contributed by atoms with van der Waals surface area (Å²) in [5.74, 6) is -0.0179. The summed E-state index contributed by atoms with van der Waals surface area (Å²) in [6, 6.07) is 16.7. The van der Waals surface area contributed by atoms with Crippen LogP contribution in [0, 0.1) is 11.3 Å². The molecular formula is C20H16N4O3. The first-order valence-electron chi connectivity index (χ1n) is 8.50. The maximum atomic E-state index is 12.0. The number of esters is 1. The summed E-state index contributed by atoms with van der Waals surface area (Å²) < 4.78 is 10.8. The van der Waals surface area contributed by atoms with Crippen LogP contribution in [0.25, 0.3) is 22.6 Å². The highest BCUT2D eigenvalue weighted by Crippen LogP contribution is 2.30. The Morgan fingerprint density at radius 1 is 1.26 bits per heavy atom. The van der Waals surface area contributed by atoms with Gasteiger partial charge in [0.05, 0.1) is 24.3 Å². The van der Waals surface area contributed by atoms with Gasteiger partial charge in [0.15, 0.2) is 11.3 Å². The Morgan fingerprint density at radius 3 is 2.74 bits per heavy atom. The molecule has 7 nitrogen and oxygen atoms in total. The number of hydrogen-bond donors (Lipinski definition) is 2. The zero-order valence-electron chi connectivity index (χ0n) is 14.5. The minimum absolute atomic E-state index is 0.146. The quantitative estimate of drug-likeness (QED) is 0.690. The number of hydrazine groups is 1. The van der Waals surface area contributed by atoms with E-state index in [-0.39, 0.29) is 12.3 Å². The molecule has 0 saturated carbocycles. The van der Waals surface area contributed by atoms with E-state index in [4.69, 9.17) is 9.15 Å². The van der Waals surface area contributed by atoms with Gasteiger partial charge in [0.1, 0.15) is 5.52 Å². The van der Waals surface area contributed by atoms with Crippen molar-refractivity contribution in [2.75, 3.05) is 6.61 Å². The van der Waals surface area contributed by atoms with Crippen LogP contribution >= 0.6 is 0 Å². The van der Waals surface area contributed by atoms with Crippen LogP contribution in [0.2, 0.25) is 0 Å². The number of nitrogens with one attached hydrogen (secondary N) is 2. The molecule has 1 unspecified atom stereocenters. The number of aromatic nitrogens is 1. The topological polar surface area (TPSA) is 100 Å². The molecule has 7 heteroatoms. The van der Waals surface area contributed by atoms with Crippen molar-refractivity contribution in [2.24, 2.45) is 0 Å². The number of benzene rings is 2. The summed E-state index contributed by atoms with van der Waals surface area (Å²) in [5, 5.41) is 9.48. The van der Waals surface area contributed by atoms with E-state index < -0.39 is 12.0 Å². The van der Waals surface area contributed by atoms with Crippen molar-refractivity contribution in [3.8, 4) is 17.5 Å². The van der Waals surface area contributed by atoms with Gasteiger partial charge in [0.25, 0.3) is 0 Å². The van der Waals surface area contributed by atoms with E-state index in [0.29, 0.717) is 11.5 Å². The van der Waals surface area contributed by atoms with E-state index in [1.165, 1.54) is 0 Å². The molecule has 2 N–H and O–H groups in total. The lowest BCUT2D eigenvalue weighted by atomic mass is 9.98. The van der Waals surface area contributed by atoms with Crippen LogP contribution in [0.15, 0.2) is 64.2 Å². The molecule has 1 aromatic heterocycles. The molecule has 0 aliphatic carbocycles. The highest BCUT2D eigenvalue weighted by molar-refractivity contribution is 5.90. The zero-order chi connectivity index (χ0) is 18.8. The molecule has 0 radical (unpaired) electrons. The number of nitrogens with zero attached hydrogens (tertiary/aromatic N) is 2. The predicted molar refractivity (Wildman–Crippen MR) is 97.7 cm³/mol. The first kappa shape index (κ1) is 16.8. The van der Waals surface area contributed by atoms with Gasteiger partial charge >= 0.3 is 5.97 Å². The molecular weight excluding hydrogens is 344 g/mol. The van der Waals surface area contributed by atoms with Gasteiger partial charge in [-0.3, -0.25) is 0 Å². The lowest BCUT2D eigenvalue weighted by Crippen LogP contribution is -2.29. The highest BCUT2D eigenvalue weighted by atomic mass is 16.5. The SMILES string of the molecule is CCOC(=O)C1=C(C#N)C(c2ccc(-c3nc4ccccc4o3)cc2)NN1. The van der Waals surface area contributed by atoms with Crippen molar-refractivity contribution in [1.82, 2.24) is 15.8 Å². The largest absolute Gasteiger partial charge is 0.461 e. The van der Waals surface area contributed by atoms with Crippen molar-refractivity contribution in [1.29, 1.82) is 5.26 Å². The van der Waals surface area contributed by atoms with E-state index in [9.17, 15) is 10.1 Å². The summed E-state index contributed by atoms with van der Waals surface area (Å²) in [5.41, 5.74) is 9.34. The van der Waals surface area contributed by atoms with Gasteiger partial charge in [-0.05, 0) is 36.8 Å². The summed E-state index contributed by atoms with van der Waals surface area (Å²) in [4.78, 5) is 16.4. The first-order chi connectivity index (χ1) is 13.2. The molecule has 0 bridgehead atoms. The van der Waals surface area contributed by atoms with E-state index in [0.717, 1.165) is 22.2 Å². The van der Waals surface area contributed by atoms with Gasteiger partial charge in [-0.2, -0.15) is 5.26 Å². The Kier molecular flexibility index (Phi) is 4.32. The maximum absolute atomic E-state index is 12.0. The summed E-state index contributed by atoms with van der Waals surface area (Å²) in [6.45, 7) is 1.96. The zero-order valence-corrected chi connectivity index (χ0v) is 14.5. The van der Waals surface area contributed by atoms with Crippen LogP contribution in [0.1, 0.15) is 18.5 Å². The van der Waals surface area contributed by atoms with Gasteiger partial charge in [-0.1, -0.05) is 24.3 Å². The number of oxazole rings is 1. The molecule has 0 amide bonds. The van der Waals surface area contributed by atoms with Gasteiger partial charge in [-0.25, -0.2) is 15.2 Å². The lowest BCUT2D eigenvalue weighted by Gasteiger charge is -2.11. The molecule has 3 aromatic rings. The fraction of sp³-hybridized carbons (Fsp3) is 0.150. The second-order valence-corrected chi connectivity index (χ2v) is 5.93. The molecule has 0 fully saturated rings. The molecule has 134 valence electrons. The van der Waals surface area contributed by atoms with Crippen molar-refractivity contribution >= 4 is 17.1 Å². The summed E-state index contributed by atoms with van der Waals surface area (Å²) >= 11 is 0. The molecule has 2 aromatic carbocycles. The average Bonchev–Trinajstić information content (AvgIpc) is 3.32. The van der Waals surface area contributed by atoms with Crippen molar-refractivity contribution < 1.29 is 13.9 Å². The molecule has 1 aliphatic heterocycles. The predicted octanol–water partition coefficient (Wildman–Crippen LogP) is 2.98. The molecule has 2 heterocycles. The Hall–Kier alpha value is -3.63. The van der Waals surface area contributed by atoms with Gasteiger partial charge in [0, 0.05) is 5.56 Å². The number of carbonyl (C=O) groups is 1. The summed E-state index contributed by atoms with van der Waals surface area (Å²) in [7, 11) is 0. The van der Waals surface area contributed by atoms with Crippen LogP contribution < -0.4 is 10.9 Å². The number of para-hydroxylation sites is 2. The third-order valence-electron chi connectivity index (χ3n) is 4.28. The number of hydrogen-bond acceptors (Lipinski definition) is 7. The van der Waals surface area contributed by atoms with Crippen LogP contribution in [-0.4, -0.2) is 17.6 Å². The first-order valence-corrected chi connectivity index (χ1v) is 8.50.